The molecule has 0 saturated heterocycles. The summed E-state index contributed by atoms with van der Waals surface area (Å²) in [6.45, 7) is 2.18. The van der Waals surface area contributed by atoms with E-state index in [0.717, 1.165) is 12.0 Å². The second kappa shape index (κ2) is 9.51. The van der Waals surface area contributed by atoms with Gasteiger partial charge in [-0.05, 0) is 12.5 Å². The Balaban J connectivity index is 1.43. The number of aryl methyl sites for hydroxylation is 1. The van der Waals surface area contributed by atoms with E-state index in [9.17, 15) is 14.3 Å². The Morgan fingerprint density at radius 1 is 1.36 bits per heavy atom. The molecule has 2 N–H and O–H groups in total. The Labute approximate surface area is 193 Å². The van der Waals surface area contributed by atoms with E-state index in [-0.39, 0.29) is 29.4 Å². The van der Waals surface area contributed by atoms with E-state index in [1.165, 1.54) is 27.7 Å². The molecule has 0 unspecified atom stereocenters. The maximum atomic E-state index is 14.3. The summed E-state index contributed by atoms with van der Waals surface area (Å²) in [7, 11) is 1.85. The standard InChI is InChI=1S/C21H22ClFN8O2/c1-3-4-13(11-32)20-26-14(8-29(20)2)9-31-10-17(27-28-31)21(33)24-7-16-19-18(23)15(22)5-6-30(19)12-25-16/h4-6,8,10,12,32H,3,7,9,11H2,1-2H3,(H,24,33)/b13-4-. The summed E-state index contributed by atoms with van der Waals surface area (Å²) in [4.78, 5) is 21.2. The molecular weight excluding hydrogens is 451 g/mol. The van der Waals surface area contributed by atoms with Gasteiger partial charge in [-0.1, -0.05) is 29.8 Å². The summed E-state index contributed by atoms with van der Waals surface area (Å²) in [5, 5.41) is 20.1. The number of carbonyl (C=O) groups is 1. The van der Waals surface area contributed by atoms with Crippen LogP contribution in [0.3, 0.4) is 0 Å². The molecule has 0 radical (unpaired) electrons. The highest BCUT2D eigenvalue weighted by molar-refractivity contribution is 6.31. The van der Waals surface area contributed by atoms with E-state index < -0.39 is 11.7 Å². The number of allylic oxidation sites excluding steroid dienone is 1. The summed E-state index contributed by atoms with van der Waals surface area (Å²) in [6, 6.07) is 1.43. The van der Waals surface area contributed by atoms with Gasteiger partial charge in [0.1, 0.15) is 11.3 Å². The molecule has 0 aromatic carbocycles. The zero-order chi connectivity index (χ0) is 23.5. The maximum absolute atomic E-state index is 14.3. The molecule has 4 aromatic heterocycles. The molecular formula is C21H22ClFN8O2. The molecule has 0 spiro atoms. The average Bonchev–Trinajstić information content (AvgIpc) is 3.52. The minimum Gasteiger partial charge on any atom is -0.392 e. The highest BCUT2D eigenvalue weighted by Crippen LogP contribution is 2.21. The number of fused-ring (bicyclic) bond motifs is 1. The maximum Gasteiger partial charge on any atom is 0.273 e. The van der Waals surface area contributed by atoms with Crippen LogP contribution in [0.1, 0.15) is 41.0 Å². The van der Waals surface area contributed by atoms with Crippen molar-refractivity contribution in [2.45, 2.75) is 26.4 Å². The van der Waals surface area contributed by atoms with Crippen molar-refractivity contribution >= 4 is 28.6 Å². The average molecular weight is 473 g/mol. The molecule has 0 bridgehead atoms. The van der Waals surface area contributed by atoms with Crippen LogP contribution in [-0.4, -0.2) is 51.6 Å². The normalized spacial score (nSPS) is 12.0. The summed E-state index contributed by atoms with van der Waals surface area (Å²) in [5.41, 5.74) is 2.11. The second-order valence-electron chi connectivity index (χ2n) is 7.37. The van der Waals surface area contributed by atoms with E-state index in [2.05, 4.69) is 25.6 Å². The van der Waals surface area contributed by atoms with Gasteiger partial charge in [-0.25, -0.2) is 19.0 Å². The molecule has 0 atom stereocenters. The van der Waals surface area contributed by atoms with Crippen molar-refractivity contribution in [2.75, 3.05) is 6.61 Å². The number of rotatable bonds is 8. The van der Waals surface area contributed by atoms with Gasteiger partial charge >= 0.3 is 0 Å². The van der Waals surface area contributed by atoms with Gasteiger partial charge in [-0.15, -0.1) is 5.10 Å². The topological polar surface area (TPSA) is 115 Å². The lowest BCUT2D eigenvalue weighted by Crippen LogP contribution is -2.23. The molecule has 172 valence electrons. The molecule has 0 fully saturated rings. The summed E-state index contributed by atoms with van der Waals surface area (Å²) in [5.74, 6) is -0.396. The van der Waals surface area contributed by atoms with Gasteiger partial charge in [0.2, 0.25) is 0 Å². The van der Waals surface area contributed by atoms with Crippen molar-refractivity contribution in [2.24, 2.45) is 7.05 Å². The van der Waals surface area contributed by atoms with Gasteiger partial charge in [0, 0.05) is 25.0 Å². The Kier molecular flexibility index (Phi) is 6.52. The lowest BCUT2D eigenvalue weighted by atomic mass is 10.2. The van der Waals surface area contributed by atoms with E-state index in [1.807, 2.05) is 30.8 Å². The Morgan fingerprint density at radius 2 is 2.18 bits per heavy atom. The molecule has 10 nitrogen and oxygen atoms in total. The summed E-state index contributed by atoms with van der Waals surface area (Å²) < 4.78 is 19.2. The predicted molar refractivity (Wildman–Crippen MR) is 119 cm³/mol. The Hall–Kier alpha value is -3.57. The lowest BCUT2D eigenvalue weighted by molar-refractivity contribution is 0.0945. The first-order valence-electron chi connectivity index (χ1n) is 10.2. The SMILES string of the molecule is CC/C=C(/CO)c1nc(Cn2cc(C(=O)NCc3ncn4ccc(Cl)c(F)c34)nn2)cn1C. The number of hydrogen-bond donors (Lipinski definition) is 2. The fourth-order valence-electron chi connectivity index (χ4n) is 3.49. The van der Waals surface area contributed by atoms with Gasteiger partial charge < -0.3 is 19.4 Å². The number of aromatic nitrogens is 7. The van der Waals surface area contributed by atoms with Gasteiger partial charge in [-0.2, -0.15) is 0 Å². The first-order chi connectivity index (χ1) is 15.9. The van der Waals surface area contributed by atoms with Crippen LogP contribution < -0.4 is 5.32 Å². The molecule has 0 aliphatic carbocycles. The number of carbonyl (C=O) groups excluding carboxylic acids is 1. The minimum atomic E-state index is -0.597. The predicted octanol–water partition coefficient (Wildman–Crippen LogP) is 2.22. The number of pyridine rings is 1. The van der Waals surface area contributed by atoms with Gasteiger partial charge in [-0.3, -0.25) is 4.79 Å². The summed E-state index contributed by atoms with van der Waals surface area (Å²) in [6.07, 6.45) is 9.09. The number of aliphatic hydroxyl groups excluding tert-OH is 1. The molecule has 12 heteroatoms. The van der Waals surface area contributed by atoms with Crippen LogP contribution in [0, 0.1) is 5.82 Å². The molecule has 1 amide bonds. The van der Waals surface area contributed by atoms with Crippen molar-refractivity contribution in [3.8, 4) is 0 Å². The van der Waals surface area contributed by atoms with Crippen LogP contribution in [0.4, 0.5) is 4.39 Å². The van der Waals surface area contributed by atoms with Crippen LogP contribution >= 0.6 is 11.6 Å². The second-order valence-corrected chi connectivity index (χ2v) is 7.78. The Morgan fingerprint density at radius 3 is 2.94 bits per heavy atom. The zero-order valence-electron chi connectivity index (χ0n) is 18.0. The van der Waals surface area contributed by atoms with Crippen molar-refractivity contribution in [1.82, 2.24) is 39.2 Å². The fourth-order valence-corrected chi connectivity index (χ4v) is 3.64. The van der Waals surface area contributed by atoms with Crippen LogP contribution in [0.2, 0.25) is 5.02 Å². The largest absolute Gasteiger partial charge is 0.392 e. The molecule has 0 aliphatic rings. The van der Waals surface area contributed by atoms with Gasteiger partial charge in [0.05, 0.1) is 48.6 Å². The fraction of sp³-hybridized carbons (Fsp3) is 0.286. The molecule has 0 saturated carbocycles. The number of amides is 1. The quantitative estimate of drug-likeness (QED) is 0.406. The van der Waals surface area contributed by atoms with Crippen LogP contribution in [0.5, 0.6) is 0 Å². The van der Waals surface area contributed by atoms with E-state index >= 15 is 0 Å². The highest BCUT2D eigenvalue weighted by atomic mass is 35.5. The lowest BCUT2D eigenvalue weighted by Gasteiger charge is -2.03. The van der Waals surface area contributed by atoms with Crippen molar-refractivity contribution in [1.29, 1.82) is 0 Å². The van der Waals surface area contributed by atoms with Crippen molar-refractivity contribution < 1.29 is 14.3 Å². The third-order valence-corrected chi connectivity index (χ3v) is 5.31. The number of hydrogen-bond acceptors (Lipinski definition) is 6. The molecule has 0 aliphatic heterocycles. The monoisotopic (exact) mass is 472 g/mol. The number of nitrogens with one attached hydrogen (secondary N) is 1. The minimum absolute atomic E-state index is 0.00322. The molecule has 4 heterocycles. The first-order valence-corrected chi connectivity index (χ1v) is 10.6. The van der Waals surface area contributed by atoms with Crippen molar-refractivity contribution in [3.05, 3.63) is 70.8 Å². The van der Waals surface area contributed by atoms with E-state index in [1.54, 1.807) is 6.20 Å². The molecule has 4 aromatic rings. The zero-order valence-corrected chi connectivity index (χ0v) is 18.8. The van der Waals surface area contributed by atoms with Crippen molar-refractivity contribution in [3.63, 3.8) is 0 Å². The molecule has 4 rings (SSSR count). The Bertz CT molecular complexity index is 1340. The van der Waals surface area contributed by atoms with Crippen LogP contribution in [-0.2, 0) is 20.1 Å². The van der Waals surface area contributed by atoms with Crippen LogP contribution in [0.15, 0.2) is 37.1 Å². The molecule has 33 heavy (non-hydrogen) atoms. The summed E-state index contributed by atoms with van der Waals surface area (Å²) >= 11 is 5.85. The van der Waals surface area contributed by atoms with Crippen LogP contribution in [0.25, 0.3) is 11.1 Å². The smallest absolute Gasteiger partial charge is 0.273 e. The number of halogens is 2. The van der Waals surface area contributed by atoms with E-state index in [0.29, 0.717) is 23.8 Å². The third kappa shape index (κ3) is 4.64. The van der Waals surface area contributed by atoms with Gasteiger partial charge in [0.25, 0.3) is 5.91 Å². The first kappa shape index (κ1) is 22.6. The van der Waals surface area contributed by atoms with E-state index in [4.69, 9.17) is 11.6 Å². The number of nitrogens with zero attached hydrogens (tertiary/aromatic N) is 7. The number of aliphatic hydroxyl groups is 1. The number of imidazole rings is 2. The third-order valence-electron chi connectivity index (χ3n) is 5.01. The highest BCUT2D eigenvalue weighted by Gasteiger charge is 2.16. The van der Waals surface area contributed by atoms with Gasteiger partial charge in [0.15, 0.2) is 11.5 Å².